The molecular formula is C11H12Br2O2. The van der Waals surface area contributed by atoms with Crippen molar-refractivity contribution in [2.24, 2.45) is 0 Å². The molecule has 0 aliphatic carbocycles. The van der Waals surface area contributed by atoms with Gasteiger partial charge in [0.2, 0.25) is 0 Å². The summed E-state index contributed by atoms with van der Waals surface area (Å²) in [6.45, 7) is 3.06. The Balaban J connectivity index is 2.63. The Kier molecular flexibility index (Phi) is 3.50. The molecule has 82 valence electrons. The highest BCUT2D eigenvalue weighted by molar-refractivity contribution is 9.11. The fourth-order valence-electron chi connectivity index (χ4n) is 1.87. The van der Waals surface area contributed by atoms with Crippen LogP contribution in [0.4, 0.5) is 0 Å². The lowest BCUT2D eigenvalue weighted by Crippen LogP contribution is -2.06. The zero-order valence-corrected chi connectivity index (χ0v) is 11.6. The van der Waals surface area contributed by atoms with Crippen molar-refractivity contribution in [2.45, 2.75) is 19.4 Å². The van der Waals surface area contributed by atoms with E-state index in [2.05, 4.69) is 37.9 Å². The summed E-state index contributed by atoms with van der Waals surface area (Å²) < 4.78 is 7.40. The first-order chi connectivity index (χ1) is 7.11. The van der Waals surface area contributed by atoms with Crippen LogP contribution in [0, 0.1) is 6.92 Å². The van der Waals surface area contributed by atoms with Crippen molar-refractivity contribution in [1.82, 2.24) is 0 Å². The molecule has 1 atom stereocenters. The number of hydrogen-bond donors (Lipinski definition) is 1. The third-order valence-corrected chi connectivity index (χ3v) is 4.40. The molecule has 1 N–H and O–H groups in total. The van der Waals surface area contributed by atoms with Gasteiger partial charge in [-0.3, -0.25) is 0 Å². The molecule has 1 aliphatic rings. The van der Waals surface area contributed by atoms with E-state index in [4.69, 9.17) is 4.74 Å². The molecule has 0 aromatic heterocycles. The average Bonchev–Trinajstić information content (AvgIpc) is 2.37. The van der Waals surface area contributed by atoms with Crippen LogP contribution < -0.4 is 0 Å². The van der Waals surface area contributed by atoms with Crippen molar-refractivity contribution in [3.8, 4) is 0 Å². The first-order valence-corrected chi connectivity index (χ1v) is 6.43. The molecule has 2 nitrogen and oxygen atoms in total. The minimum Gasteiger partial charge on any atom is -0.386 e. The average molecular weight is 336 g/mol. The fraction of sp³-hybridized carbons (Fsp3) is 0.455. The van der Waals surface area contributed by atoms with Crippen molar-refractivity contribution in [2.75, 3.05) is 13.2 Å². The van der Waals surface area contributed by atoms with E-state index >= 15 is 0 Å². The number of aliphatic hydroxyl groups excluding tert-OH is 1. The summed E-state index contributed by atoms with van der Waals surface area (Å²) in [5, 5.41) is 10.00. The van der Waals surface area contributed by atoms with E-state index in [1.807, 2.05) is 6.92 Å². The normalized spacial score (nSPS) is 20.9. The van der Waals surface area contributed by atoms with Crippen LogP contribution in [0.3, 0.4) is 0 Å². The standard InChI is InChI=1S/C11H12Br2O2/c1-6-4-8(12)7-2-3-15-5-9(14)10(7)11(6)13/h4,9,14H,2-3,5H2,1H3. The number of fused-ring (bicyclic) bond motifs is 1. The number of rotatable bonds is 0. The molecule has 4 heteroatoms. The third-order valence-electron chi connectivity index (χ3n) is 2.64. The smallest absolute Gasteiger partial charge is 0.104 e. The highest BCUT2D eigenvalue weighted by Crippen LogP contribution is 2.36. The summed E-state index contributed by atoms with van der Waals surface area (Å²) in [5.41, 5.74) is 3.25. The maximum Gasteiger partial charge on any atom is 0.104 e. The van der Waals surface area contributed by atoms with Gasteiger partial charge in [-0.15, -0.1) is 0 Å². The van der Waals surface area contributed by atoms with Crippen molar-refractivity contribution in [1.29, 1.82) is 0 Å². The number of aliphatic hydroxyl groups is 1. The predicted molar refractivity (Wildman–Crippen MR) is 66.1 cm³/mol. The topological polar surface area (TPSA) is 29.5 Å². The first kappa shape index (κ1) is 11.6. The zero-order valence-electron chi connectivity index (χ0n) is 8.39. The lowest BCUT2D eigenvalue weighted by molar-refractivity contribution is 0.0448. The second-order valence-electron chi connectivity index (χ2n) is 3.72. The van der Waals surface area contributed by atoms with Crippen LogP contribution >= 0.6 is 31.9 Å². The van der Waals surface area contributed by atoms with Crippen molar-refractivity contribution in [3.05, 3.63) is 31.7 Å². The van der Waals surface area contributed by atoms with Crippen molar-refractivity contribution in [3.63, 3.8) is 0 Å². The molecule has 2 rings (SSSR count). The molecule has 1 aromatic carbocycles. The summed E-state index contributed by atoms with van der Waals surface area (Å²) in [4.78, 5) is 0. The van der Waals surface area contributed by atoms with Gasteiger partial charge in [-0.1, -0.05) is 31.9 Å². The maximum absolute atomic E-state index is 10.00. The van der Waals surface area contributed by atoms with Gasteiger partial charge in [-0.2, -0.15) is 0 Å². The quantitative estimate of drug-likeness (QED) is 0.789. The molecule has 15 heavy (non-hydrogen) atoms. The summed E-state index contributed by atoms with van der Waals surface area (Å²) >= 11 is 7.08. The highest BCUT2D eigenvalue weighted by atomic mass is 79.9. The molecular weight excluding hydrogens is 324 g/mol. The van der Waals surface area contributed by atoms with Gasteiger partial charge in [0, 0.05) is 14.5 Å². The predicted octanol–water partition coefficient (Wildman–Crippen LogP) is 3.13. The minimum absolute atomic E-state index is 0.376. The zero-order chi connectivity index (χ0) is 11.0. The number of aryl methyl sites for hydroxylation is 1. The van der Waals surface area contributed by atoms with E-state index in [1.165, 1.54) is 0 Å². The second kappa shape index (κ2) is 4.53. The summed E-state index contributed by atoms with van der Waals surface area (Å²) in [6, 6.07) is 2.07. The Morgan fingerprint density at radius 1 is 1.47 bits per heavy atom. The number of ether oxygens (including phenoxy) is 1. The van der Waals surface area contributed by atoms with Gasteiger partial charge in [-0.25, -0.2) is 0 Å². The van der Waals surface area contributed by atoms with Crippen LogP contribution in [-0.2, 0) is 11.2 Å². The van der Waals surface area contributed by atoms with Crippen LogP contribution in [0.25, 0.3) is 0 Å². The van der Waals surface area contributed by atoms with Gasteiger partial charge in [0.15, 0.2) is 0 Å². The molecule has 0 saturated carbocycles. The van der Waals surface area contributed by atoms with Crippen molar-refractivity contribution < 1.29 is 9.84 Å². The lowest BCUT2D eigenvalue weighted by Gasteiger charge is -2.16. The van der Waals surface area contributed by atoms with E-state index in [0.717, 1.165) is 32.1 Å². The second-order valence-corrected chi connectivity index (χ2v) is 5.37. The van der Waals surface area contributed by atoms with E-state index in [9.17, 15) is 5.11 Å². The molecule has 1 aromatic rings. The largest absolute Gasteiger partial charge is 0.386 e. The van der Waals surface area contributed by atoms with Gasteiger partial charge >= 0.3 is 0 Å². The van der Waals surface area contributed by atoms with Crippen LogP contribution in [-0.4, -0.2) is 18.3 Å². The van der Waals surface area contributed by atoms with Crippen LogP contribution in [0.5, 0.6) is 0 Å². The van der Waals surface area contributed by atoms with Crippen molar-refractivity contribution >= 4 is 31.9 Å². The Labute approximate surface area is 106 Å². The van der Waals surface area contributed by atoms with E-state index in [0.29, 0.717) is 13.2 Å². The van der Waals surface area contributed by atoms with E-state index < -0.39 is 6.10 Å². The van der Waals surface area contributed by atoms with Crippen LogP contribution in [0.1, 0.15) is 22.8 Å². The molecule has 0 bridgehead atoms. The Morgan fingerprint density at radius 2 is 2.20 bits per heavy atom. The summed E-state index contributed by atoms with van der Waals surface area (Å²) in [7, 11) is 0. The lowest BCUT2D eigenvalue weighted by atomic mass is 9.99. The van der Waals surface area contributed by atoms with Crippen LogP contribution in [0.15, 0.2) is 15.0 Å². The molecule has 1 unspecified atom stereocenters. The monoisotopic (exact) mass is 334 g/mol. The summed E-state index contributed by atoms with van der Waals surface area (Å²) in [6.07, 6.45) is 0.305. The van der Waals surface area contributed by atoms with Gasteiger partial charge < -0.3 is 9.84 Å². The Hall–Kier alpha value is 0.1000. The number of benzene rings is 1. The highest BCUT2D eigenvalue weighted by Gasteiger charge is 2.22. The van der Waals surface area contributed by atoms with E-state index in [1.54, 1.807) is 0 Å². The number of hydrogen-bond acceptors (Lipinski definition) is 2. The molecule has 1 aliphatic heterocycles. The molecule has 0 saturated heterocycles. The van der Waals surface area contributed by atoms with Gasteiger partial charge in [-0.05, 0) is 30.5 Å². The van der Waals surface area contributed by atoms with Gasteiger partial charge in [0.1, 0.15) is 6.10 Å². The fourth-order valence-corrected chi connectivity index (χ4v) is 3.24. The first-order valence-electron chi connectivity index (χ1n) is 4.84. The molecule has 0 amide bonds. The molecule has 0 radical (unpaired) electrons. The minimum atomic E-state index is -0.534. The maximum atomic E-state index is 10.00. The summed E-state index contributed by atoms with van der Waals surface area (Å²) in [5.74, 6) is 0. The molecule has 1 heterocycles. The Morgan fingerprint density at radius 3 is 2.93 bits per heavy atom. The number of halogens is 2. The van der Waals surface area contributed by atoms with Gasteiger partial charge in [0.25, 0.3) is 0 Å². The molecule has 0 fully saturated rings. The van der Waals surface area contributed by atoms with Crippen LogP contribution in [0.2, 0.25) is 0 Å². The SMILES string of the molecule is Cc1cc(Br)c2c(c1Br)C(O)COCC2. The molecule has 0 spiro atoms. The van der Waals surface area contributed by atoms with E-state index in [-0.39, 0.29) is 0 Å². The van der Waals surface area contributed by atoms with Gasteiger partial charge in [0.05, 0.1) is 13.2 Å². The Bertz CT molecular complexity index is 391. The third kappa shape index (κ3) is 2.13.